The molecule has 1 heterocycles. The first-order valence-electron chi connectivity index (χ1n) is 3.78. The second-order valence-corrected chi connectivity index (χ2v) is 2.55. The molecule has 1 fully saturated rings. The SMILES string of the molecule is CCNC(=O)N1CCC(=O)C1. The number of hydrogen-bond donors (Lipinski definition) is 1. The van der Waals surface area contributed by atoms with E-state index in [-0.39, 0.29) is 18.4 Å². The molecule has 0 saturated carbocycles. The molecule has 4 heteroatoms. The lowest BCUT2D eigenvalue weighted by Crippen LogP contribution is -2.38. The zero-order chi connectivity index (χ0) is 8.27. The van der Waals surface area contributed by atoms with Crippen LogP contribution in [-0.4, -0.2) is 36.3 Å². The number of ketones is 1. The number of rotatable bonds is 1. The minimum Gasteiger partial charge on any atom is -0.338 e. The molecule has 0 radical (unpaired) electrons. The molecule has 0 bridgehead atoms. The Kier molecular flexibility index (Phi) is 2.46. The summed E-state index contributed by atoms with van der Waals surface area (Å²) in [5, 5.41) is 2.64. The van der Waals surface area contributed by atoms with Crippen LogP contribution < -0.4 is 5.32 Å². The van der Waals surface area contributed by atoms with Crippen LogP contribution in [0.2, 0.25) is 0 Å². The fraction of sp³-hybridized carbons (Fsp3) is 0.714. The zero-order valence-corrected chi connectivity index (χ0v) is 6.59. The van der Waals surface area contributed by atoms with E-state index in [9.17, 15) is 9.59 Å². The highest BCUT2D eigenvalue weighted by Gasteiger charge is 2.22. The fourth-order valence-electron chi connectivity index (χ4n) is 1.07. The highest BCUT2D eigenvalue weighted by Crippen LogP contribution is 2.03. The first-order valence-corrected chi connectivity index (χ1v) is 3.78. The molecule has 0 aromatic heterocycles. The van der Waals surface area contributed by atoms with Crippen molar-refractivity contribution in [3.63, 3.8) is 0 Å². The summed E-state index contributed by atoms with van der Waals surface area (Å²) in [4.78, 5) is 23.3. The fourth-order valence-corrected chi connectivity index (χ4v) is 1.07. The Bertz CT molecular complexity index is 179. The maximum Gasteiger partial charge on any atom is 0.317 e. The van der Waals surface area contributed by atoms with Gasteiger partial charge < -0.3 is 10.2 Å². The first kappa shape index (κ1) is 8.04. The average molecular weight is 156 g/mol. The van der Waals surface area contributed by atoms with Gasteiger partial charge in [0.2, 0.25) is 0 Å². The van der Waals surface area contributed by atoms with Crippen LogP contribution in [0.25, 0.3) is 0 Å². The van der Waals surface area contributed by atoms with Crippen molar-refractivity contribution >= 4 is 11.8 Å². The van der Waals surface area contributed by atoms with Crippen LogP contribution in [0.1, 0.15) is 13.3 Å². The quantitative estimate of drug-likeness (QED) is 0.580. The Balaban J connectivity index is 2.37. The van der Waals surface area contributed by atoms with E-state index >= 15 is 0 Å². The Hall–Kier alpha value is -1.06. The summed E-state index contributed by atoms with van der Waals surface area (Å²) >= 11 is 0. The number of likely N-dealkylation sites (tertiary alicyclic amines) is 1. The summed E-state index contributed by atoms with van der Waals surface area (Å²) < 4.78 is 0. The largest absolute Gasteiger partial charge is 0.338 e. The predicted octanol–water partition coefficient (Wildman–Crippen LogP) is -0.00930. The molecule has 4 nitrogen and oxygen atoms in total. The van der Waals surface area contributed by atoms with Crippen molar-refractivity contribution in [2.24, 2.45) is 0 Å². The minimum absolute atomic E-state index is 0.127. The van der Waals surface area contributed by atoms with Gasteiger partial charge in [0.15, 0.2) is 5.78 Å². The van der Waals surface area contributed by atoms with E-state index in [1.54, 1.807) is 0 Å². The van der Waals surface area contributed by atoms with Crippen LogP contribution in [0.15, 0.2) is 0 Å². The number of urea groups is 1. The van der Waals surface area contributed by atoms with Gasteiger partial charge in [-0.25, -0.2) is 4.79 Å². The van der Waals surface area contributed by atoms with Crippen molar-refractivity contribution in [1.29, 1.82) is 0 Å². The first-order chi connectivity index (χ1) is 5.24. The van der Waals surface area contributed by atoms with E-state index in [1.165, 1.54) is 4.90 Å². The highest BCUT2D eigenvalue weighted by molar-refractivity contribution is 5.88. The number of amides is 2. The molecule has 0 unspecified atom stereocenters. The van der Waals surface area contributed by atoms with Crippen LogP contribution >= 0.6 is 0 Å². The summed E-state index contributed by atoms with van der Waals surface area (Å²) in [5.41, 5.74) is 0. The summed E-state index contributed by atoms with van der Waals surface area (Å²) in [6.07, 6.45) is 0.511. The van der Waals surface area contributed by atoms with Crippen LogP contribution in [0.3, 0.4) is 0 Å². The molecule has 0 aromatic carbocycles. The summed E-state index contributed by atoms with van der Waals surface area (Å²) in [5.74, 6) is 0.149. The molecule has 0 aromatic rings. The molecule has 0 spiro atoms. The topological polar surface area (TPSA) is 49.4 Å². The van der Waals surface area contributed by atoms with Crippen molar-refractivity contribution in [3.05, 3.63) is 0 Å². The van der Waals surface area contributed by atoms with Crippen molar-refractivity contribution in [2.75, 3.05) is 19.6 Å². The van der Waals surface area contributed by atoms with Gasteiger partial charge in [-0.2, -0.15) is 0 Å². The lowest BCUT2D eigenvalue weighted by atomic mass is 10.4. The van der Waals surface area contributed by atoms with Gasteiger partial charge >= 0.3 is 6.03 Å². The van der Waals surface area contributed by atoms with Crippen molar-refractivity contribution in [1.82, 2.24) is 10.2 Å². The third kappa shape index (κ3) is 1.93. The Labute approximate surface area is 65.6 Å². The van der Waals surface area contributed by atoms with Crippen molar-refractivity contribution in [3.8, 4) is 0 Å². The Morgan fingerprint density at radius 1 is 1.73 bits per heavy atom. The highest BCUT2D eigenvalue weighted by atomic mass is 16.2. The molecule has 1 aliphatic rings. The molecule has 62 valence electrons. The van der Waals surface area contributed by atoms with E-state index in [1.807, 2.05) is 6.92 Å². The third-order valence-electron chi connectivity index (χ3n) is 1.64. The second kappa shape index (κ2) is 3.37. The van der Waals surface area contributed by atoms with Crippen molar-refractivity contribution < 1.29 is 9.59 Å². The van der Waals surface area contributed by atoms with E-state index in [2.05, 4.69) is 5.32 Å². The lowest BCUT2D eigenvalue weighted by molar-refractivity contribution is -0.116. The number of carbonyl (C=O) groups is 2. The maximum atomic E-state index is 11.1. The van der Waals surface area contributed by atoms with Gasteiger partial charge in [0.05, 0.1) is 6.54 Å². The van der Waals surface area contributed by atoms with E-state index in [0.29, 0.717) is 19.5 Å². The summed E-state index contributed by atoms with van der Waals surface area (Å²) in [6, 6.07) is -0.127. The molecule has 1 aliphatic heterocycles. The minimum atomic E-state index is -0.127. The Morgan fingerprint density at radius 3 is 2.91 bits per heavy atom. The van der Waals surface area contributed by atoms with Crippen molar-refractivity contribution in [2.45, 2.75) is 13.3 Å². The van der Waals surface area contributed by atoms with Crippen LogP contribution in [0.4, 0.5) is 4.79 Å². The summed E-state index contributed by atoms with van der Waals surface area (Å²) in [6.45, 7) is 3.33. The maximum absolute atomic E-state index is 11.1. The van der Waals surface area contributed by atoms with Crippen LogP contribution in [-0.2, 0) is 4.79 Å². The molecule has 0 aliphatic carbocycles. The third-order valence-corrected chi connectivity index (χ3v) is 1.64. The van der Waals surface area contributed by atoms with Gasteiger partial charge in [-0.1, -0.05) is 0 Å². The standard InChI is InChI=1S/C7H12N2O2/c1-2-8-7(11)9-4-3-6(10)5-9/h2-5H2,1H3,(H,8,11). The smallest absolute Gasteiger partial charge is 0.317 e. The summed E-state index contributed by atoms with van der Waals surface area (Å²) in [7, 11) is 0. The molecule has 2 amide bonds. The van der Waals surface area contributed by atoms with Crippen LogP contribution in [0, 0.1) is 0 Å². The molecule has 11 heavy (non-hydrogen) atoms. The normalized spacial score (nSPS) is 17.2. The van der Waals surface area contributed by atoms with E-state index in [0.717, 1.165) is 0 Å². The second-order valence-electron chi connectivity index (χ2n) is 2.55. The molecule has 0 atom stereocenters. The Morgan fingerprint density at radius 2 is 2.45 bits per heavy atom. The number of carbonyl (C=O) groups excluding carboxylic acids is 2. The van der Waals surface area contributed by atoms with Gasteiger partial charge in [-0.15, -0.1) is 0 Å². The predicted molar refractivity (Wildman–Crippen MR) is 40.3 cm³/mol. The molecule has 1 rings (SSSR count). The number of nitrogens with one attached hydrogen (secondary N) is 1. The van der Waals surface area contributed by atoms with Gasteiger partial charge in [-0.3, -0.25) is 4.79 Å². The van der Waals surface area contributed by atoms with E-state index in [4.69, 9.17) is 0 Å². The lowest BCUT2D eigenvalue weighted by Gasteiger charge is -2.13. The van der Waals surface area contributed by atoms with E-state index < -0.39 is 0 Å². The molecule has 1 saturated heterocycles. The number of nitrogens with zero attached hydrogens (tertiary/aromatic N) is 1. The van der Waals surface area contributed by atoms with Gasteiger partial charge in [0.25, 0.3) is 0 Å². The van der Waals surface area contributed by atoms with Crippen LogP contribution in [0.5, 0.6) is 0 Å². The van der Waals surface area contributed by atoms with Gasteiger partial charge in [0, 0.05) is 19.5 Å². The number of Topliss-reactive ketones (excluding diaryl/α,β-unsaturated/α-hetero) is 1. The monoisotopic (exact) mass is 156 g/mol. The average Bonchev–Trinajstić information content (AvgIpc) is 2.36. The number of hydrogen-bond acceptors (Lipinski definition) is 2. The molecular formula is C7H12N2O2. The zero-order valence-electron chi connectivity index (χ0n) is 6.59. The molecule has 1 N–H and O–H groups in total. The van der Waals surface area contributed by atoms with Gasteiger partial charge in [0.1, 0.15) is 0 Å². The van der Waals surface area contributed by atoms with Gasteiger partial charge in [-0.05, 0) is 6.92 Å². The molecular weight excluding hydrogens is 144 g/mol.